The van der Waals surface area contributed by atoms with Gasteiger partial charge in [0.2, 0.25) is 5.91 Å². The van der Waals surface area contributed by atoms with Crippen LogP contribution in [0.15, 0.2) is 42.5 Å². The van der Waals surface area contributed by atoms with E-state index < -0.39 is 12.0 Å². The zero-order chi connectivity index (χ0) is 21.0. The smallest absolute Gasteiger partial charge is 0.305 e. The molecular formula is C22H24N2O5. The number of amides is 1. The quantitative estimate of drug-likeness (QED) is 0.542. The Hall–Kier alpha value is -3.48. The van der Waals surface area contributed by atoms with Crippen LogP contribution in [0, 0.1) is 6.92 Å². The summed E-state index contributed by atoms with van der Waals surface area (Å²) in [4.78, 5) is 27.4. The maximum atomic E-state index is 12.8. The number of hydrogen-bond donors (Lipinski definition) is 3. The lowest BCUT2D eigenvalue weighted by Crippen LogP contribution is -2.31. The van der Waals surface area contributed by atoms with Crippen LogP contribution in [0.1, 0.15) is 29.3 Å². The number of hydrogen-bond acceptors (Lipinski definition) is 4. The van der Waals surface area contributed by atoms with Crippen molar-refractivity contribution in [3.05, 3.63) is 59.3 Å². The number of carbonyl (C=O) groups is 2. The second-order valence-electron chi connectivity index (χ2n) is 6.78. The number of rotatable bonds is 8. The van der Waals surface area contributed by atoms with E-state index in [1.54, 1.807) is 18.2 Å². The molecule has 0 saturated heterocycles. The van der Waals surface area contributed by atoms with E-state index >= 15 is 0 Å². The fraction of sp³-hybridized carbons (Fsp3) is 0.273. The molecule has 3 aromatic rings. The summed E-state index contributed by atoms with van der Waals surface area (Å²) in [5.41, 5.74) is 3.42. The lowest BCUT2D eigenvalue weighted by molar-refractivity contribution is -0.137. The molecule has 0 aliphatic carbocycles. The number of fused-ring (bicyclic) bond motifs is 1. The van der Waals surface area contributed by atoms with Crippen molar-refractivity contribution in [2.45, 2.75) is 25.8 Å². The van der Waals surface area contributed by atoms with Crippen LogP contribution < -0.4 is 14.8 Å². The molecule has 0 radical (unpaired) electrons. The summed E-state index contributed by atoms with van der Waals surface area (Å²) in [5, 5.41) is 13.2. The maximum Gasteiger partial charge on any atom is 0.305 e. The zero-order valence-corrected chi connectivity index (χ0v) is 16.6. The highest BCUT2D eigenvalue weighted by atomic mass is 16.5. The molecular weight excluding hydrogens is 372 g/mol. The number of aryl methyl sites for hydroxylation is 1. The minimum Gasteiger partial charge on any atom is -0.493 e. The van der Waals surface area contributed by atoms with Gasteiger partial charge in [0.15, 0.2) is 11.5 Å². The van der Waals surface area contributed by atoms with Crippen LogP contribution >= 0.6 is 0 Å². The Morgan fingerprint density at radius 2 is 1.83 bits per heavy atom. The first-order chi connectivity index (χ1) is 13.9. The SMILES string of the molecule is COc1ccc(C(CC(=O)O)NC(=O)Cc2c(C)[nH]c3ccccc23)cc1OC. The highest BCUT2D eigenvalue weighted by molar-refractivity contribution is 5.90. The summed E-state index contributed by atoms with van der Waals surface area (Å²) in [6, 6.07) is 12.2. The Labute approximate surface area is 168 Å². The fourth-order valence-electron chi connectivity index (χ4n) is 3.46. The van der Waals surface area contributed by atoms with E-state index in [0.717, 1.165) is 22.2 Å². The molecule has 0 saturated carbocycles. The summed E-state index contributed by atoms with van der Waals surface area (Å²) in [6.07, 6.45) is -0.0899. The minimum absolute atomic E-state index is 0.152. The van der Waals surface area contributed by atoms with Gasteiger partial charge in [-0.3, -0.25) is 9.59 Å². The van der Waals surface area contributed by atoms with Crippen molar-refractivity contribution in [2.24, 2.45) is 0 Å². The van der Waals surface area contributed by atoms with Gasteiger partial charge in [-0.2, -0.15) is 0 Å². The van der Waals surface area contributed by atoms with Gasteiger partial charge in [-0.05, 0) is 36.2 Å². The Morgan fingerprint density at radius 1 is 1.10 bits per heavy atom. The molecule has 1 atom stereocenters. The second kappa shape index (κ2) is 8.68. The number of benzene rings is 2. The number of nitrogens with one attached hydrogen (secondary N) is 2. The number of para-hydroxylation sites is 1. The normalized spacial score (nSPS) is 11.8. The molecule has 29 heavy (non-hydrogen) atoms. The highest BCUT2D eigenvalue weighted by Gasteiger charge is 2.21. The number of aromatic amines is 1. The lowest BCUT2D eigenvalue weighted by Gasteiger charge is -2.19. The maximum absolute atomic E-state index is 12.8. The van der Waals surface area contributed by atoms with Crippen LogP contribution in [0.25, 0.3) is 10.9 Å². The predicted molar refractivity (Wildman–Crippen MR) is 109 cm³/mol. The molecule has 0 fully saturated rings. The number of H-pyrrole nitrogens is 1. The van der Waals surface area contributed by atoms with Crippen molar-refractivity contribution in [3.8, 4) is 11.5 Å². The number of methoxy groups -OCH3 is 2. The van der Waals surface area contributed by atoms with E-state index in [1.807, 2.05) is 31.2 Å². The van der Waals surface area contributed by atoms with Crippen molar-refractivity contribution in [1.29, 1.82) is 0 Å². The molecule has 1 aromatic heterocycles. The van der Waals surface area contributed by atoms with Crippen LogP contribution in [0.4, 0.5) is 0 Å². The third-order valence-electron chi connectivity index (χ3n) is 4.89. The van der Waals surface area contributed by atoms with Crippen molar-refractivity contribution in [2.75, 3.05) is 14.2 Å². The third kappa shape index (κ3) is 4.51. The molecule has 1 heterocycles. The average Bonchev–Trinajstić information content (AvgIpc) is 3.01. The number of carboxylic acid groups (broad SMARTS) is 1. The summed E-state index contributed by atoms with van der Waals surface area (Å²) >= 11 is 0. The van der Waals surface area contributed by atoms with E-state index in [1.165, 1.54) is 14.2 Å². The Morgan fingerprint density at radius 3 is 2.52 bits per heavy atom. The number of ether oxygens (including phenoxy) is 2. The standard InChI is InChI=1S/C22H24N2O5/c1-13-16(15-6-4-5-7-17(15)23-13)11-21(25)24-18(12-22(26)27)14-8-9-19(28-2)20(10-14)29-3/h4-10,18,23H,11-12H2,1-3H3,(H,24,25)(H,26,27). The van der Waals surface area contributed by atoms with Gasteiger partial charge < -0.3 is 24.9 Å². The van der Waals surface area contributed by atoms with E-state index in [4.69, 9.17) is 9.47 Å². The second-order valence-corrected chi connectivity index (χ2v) is 6.78. The Kier molecular flexibility index (Phi) is 6.07. The predicted octanol–water partition coefficient (Wildman–Crippen LogP) is 3.37. The Balaban J connectivity index is 1.84. The lowest BCUT2D eigenvalue weighted by atomic mass is 10.0. The van der Waals surface area contributed by atoms with E-state index in [0.29, 0.717) is 17.1 Å². The molecule has 7 heteroatoms. The molecule has 1 unspecified atom stereocenters. The van der Waals surface area contributed by atoms with Gasteiger partial charge in [-0.15, -0.1) is 0 Å². The molecule has 3 N–H and O–H groups in total. The van der Waals surface area contributed by atoms with Crippen molar-refractivity contribution in [1.82, 2.24) is 10.3 Å². The van der Waals surface area contributed by atoms with Crippen LogP contribution in [0.3, 0.4) is 0 Å². The van der Waals surface area contributed by atoms with Crippen molar-refractivity contribution in [3.63, 3.8) is 0 Å². The van der Waals surface area contributed by atoms with Gasteiger partial charge in [0.1, 0.15) is 0 Å². The van der Waals surface area contributed by atoms with Gasteiger partial charge >= 0.3 is 5.97 Å². The first kappa shape index (κ1) is 20.3. The monoisotopic (exact) mass is 396 g/mol. The first-order valence-corrected chi connectivity index (χ1v) is 9.22. The zero-order valence-electron chi connectivity index (χ0n) is 16.6. The van der Waals surface area contributed by atoms with Gasteiger partial charge in [0.05, 0.1) is 33.1 Å². The van der Waals surface area contributed by atoms with Crippen molar-refractivity contribution >= 4 is 22.8 Å². The van der Waals surface area contributed by atoms with Crippen molar-refractivity contribution < 1.29 is 24.2 Å². The summed E-state index contributed by atoms with van der Waals surface area (Å²) in [5.74, 6) is -0.250. The van der Waals surface area contributed by atoms with E-state index in [2.05, 4.69) is 10.3 Å². The number of aliphatic carboxylic acids is 1. The molecule has 152 valence electrons. The number of aromatic nitrogens is 1. The summed E-state index contributed by atoms with van der Waals surface area (Å²) in [6.45, 7) is 1.92. The fourth-order valence-corrected chi connectivity index (χ4v) is 3.46. The summed E-state index contributed by atoms with van der Waals surface area (Å²) in [7, 11) is 3.03. The minimum atomic E-state index is -1.01. The largest absolute Gasteiger partial charge is 0.493 e. The van der Waals surface area contributed by atoms with Crippen LogP contribution in [-0.2, 0) is 16.0 Å². The number of carbonyl (C=O) groups excluding carboxylic acids is 1. The molecule has 0 aliphatic rings. The molecule has 7 nitrogen and oxygen atoms in total. The Bertz CT molecular complexity index is 1040. The molecule has 3 rings (SSSR count). The number of carboxylic acids is 1. The summed E-state index contributed by atoms with van der Waals surface area (Å²) < 4.78 is 10.5. The van der Waals surface area contributed by atoms with Gasteiger partial charge in [0, 0.05) is 16.6 Å². The van der Waals surface area contributed by atoms with Crippen LogP contribution in [0.2, 0.25) is 0 Å². The first-order valence-electron chi connectivity index (χ1n) is 9.22. The highest BCUT2D eigenvalue weighted by Crippen LogP contribution is 2.31. The van der Waals surface area contributed by atoms with E-state index in [-0.39, 0.29) is 18.7 Å². The molecule has 1 amide bonds. The van der Waals surface area contributed by atoms with Crippen LogP contribution in [0.5, 0.6) is 11.5 Å². The average molecular weight is 396 g/mol. The molecule has 0 aliphatic heterocycles. The topological polar surface area (TPSA) is 101 Å². The van der Waals surface area contributed by atoms with E-state index in [9.17, 15) is 14.7 Å². The third-order valence-corrected chi connectivity index (χ3v) is 4.89. The van der Waals surface area contributed by atoms with Gasteiger partial charge in [-0.25, -0.2) is 0 Å². The van der Waals surface area contributed by atoms with Gasteiger partial charge in [0.25, 0.3) is 0 Å². The molecule has 0 spiro atoms. The van der Waals surface area contributed by atoms with Gasteiger partial charge in [-0.1, -0.05) is 24.3 Å². The molecule has 0 bridgehead atoms. The van der Waals surface area contributed by atoms with Crippen LogP contribution in [-0.4, -0.2) is 36.2 Å². The molecule has 2 aromatic carbocycles.